The fraction of sp³-hybridized carbons (Fsp3) is 0.458. The Bertz CT molecular complexity index is 983. The molecule has 0 spiro atoms. The summed E-state index contributed by atoms with van der Waals surface area (Å²) in [5.41, 5.74) is 1.63. The van der Waals surface area contributed by atoms with E-state index in [9.17, 15) is 13.2 Å². The molecule has 1 heterocycles. The van der Waals surface area contributed by atoms with Crippen molar-refractivity contribution in [1.82, 2.24) is 4.31 Å². The molecular weight excluding hydrogens is 412 g/mol. The summed E-state index contributed by atoms with van der Waals surface area (Å²) in [5, 5.41) is 2.85. The lowest BCUT2D eigenvalue weighted by atomic mass is 9.98. The van der Waals surface area contributed by atoms with E-state index in [1.54, 1.807) is 24.3 Å². The highest BCUT2D eigenvalue weighted by Gasteiger charge is 2.27. The van der Waals surface area contributed by atoms with Crippen LogP contribution in [0.1, 0.15) is 57.9 Å². The maximum atomic E-state index is 12.8. The molecule has 0 aromatic heterocycles. The zero-order chi connectivity index (χ0) is 22.4. The number of hydrogen-bond donors (Lipinski definition) is 1. The monoisotopic (exact) mass is 444 g/mol. The van der Waals surface area contributed by atoms with Gasteiger partial charge in [0.1, 0.15) is 5.75 Å². The zero-order valence-corrected chi connectivity index (χ0v) is 19.3. The van der Waals surface area contributed by atoms with E-state index in [1.807, 2.05) is 31.2 Å². The molecule has 0 saturated carbocycles. The average Bonchev–Trinajstić information content (AvgIpc) is 3.33. The number of hydrogen-bond acceptors (Lipinski definition) is 4. The third-order valence-corrected chi connectivity index (χ3v) is 7.73. The van der Waals surface area contributed by atoms with Gasteiger partial charge in [-0.25, -0.2) is 8.42 Å². The zero-order valence-electron chi connectivity index (χ0n) is 18.5. The number of carbonyl (C=O) groups is 1. The summed E-state index contributed by atoms with van der Waals surface area (Å²) in [4.78, 5) is 13.1. The molecule has 1 amide bonds. The highest BCUT2D eigenvalue weighted by atomic mass is 32.2. The Hall–Kier alpha value is -2.38. The summed E-state index contributed by atoms with van der Waals surface area (Å²) >= 11 is 0. The predicted molar refractivity (Wildman–Crippen MR) is 123 cm³/mol. The molecule has 1 aliphatic rings. The second-order valence-corrected chi connectivity index (χ2v) is 9.92. The molecule has 1 saturated heterocycles. The second-order valence-electron chi connectivity index (χ2n) is 7.99. The average molecular weight is 445 g/mol. The lowest BCUT2D eigenvalue weighted by Crippen LogP contribution is -2.32. The van der Waals surface area contributed by atoms with Crippen LogP contribution in [0, 0.1) is 0 Å². The van der Waals surface area contributed by atoms with E-state index >= 15 is 0 Å². The Morgan fingerprint density at radius 2 is 1.68 bits per heavy atom. The summed E-state index contributed by atoms with van der Waals surface area (Å²) in [6.45, 7) is 7.30. The number of benzene rings is 2. The van der Waals surface area contributed by atoms with Gasteiger partial charge in [0.25, 0.3) is 5.91 Å². The number of anilines is 1. The van der Waals surface area contributed by atoms with Crippen LogP contribution in [0.4, 0.5) is 5.69 Å². The molecule has 1 N–H and O–H groups in total. The number of nitrogens with zero attached hydrogens (tertiary/aromatic N) is 1. The van der Waals surface area contributed by atoms with Gasteiger partial charge in [-0.1, -0.05) is 39.0 Å². The van der Waals surface area contributed by atoms with Crippen molar-refractivity contribution >= 4 is 21.6 Å². The van der Waals surface area contributed by atoms with Gasteiger partial charge in [-0.15, -0.1) is 0 Å². The summed E-state index contributed by atoms with van der Waals surface area (Å²) < 4.78 is 32.9. The molecule has 7 heteroatoms. The summed E-state index contributed by atoms with van der Waals surface area (Å²) in [6, 6.07) is 14.2. The van der Waals surface area contributed by atoms with E-state index in [4.69, 9.17) is 4.74 Å². The Labute approximate surface area is 185 Å². The minimum absolute atomic E-state index is 0.248. The fourth-order valence-electron chi connectivity index (χ4n) is 3.70. The van der Waals surface area contributed by atoms with Crippen molar-refractivity contribution in [3.63, 3.8) is 0 Å². The largest absolute Gasteiger partial charge is 0.480 e. The Morgan fingerprint density at radius 3 is 2.29 bits per heavy atom. The number of para-hydroxylation sites is 1. The molecule has 2 unspecified atom stereocenters. The van der Waals surface area contributed by atoms with Crippen LogP contribution < -0.4 is 10.1 Å². The summed E-state index contributed by atoms with van der Waals surface area (Å²) in [6.07, 6.45) is 2.65. The molecule has 2 aromatic rings. The van der Waals surface area contributed by atoms with Gasteiger partial charge in [-0.05, 0) is 67.5 Å². The number of ether oxygens (including phenoxy) is 1. The van der Waals surface area contributed by atoms with E-state index in [2.05, 4.69) is 19.2 Å². The van der Waals surface area contributed by atoms with Crippen molar-refractivity contribution in [2.24, 2.45) is 0 Å². The molecule has 2 atom stereocenters. The molecule has 1 fully saturated rings. The molecule has 168 valence electrons. The van der Waals surface area contributed by atoms with Crippen molar-refractivity contribution in [3.8, 4) is 5.75 Å². The van der Waals surface area contributed by atoms with Crippen LogP contribution in [0.3, 0.4) is 0 Å². The molecule has 1 aliphatic heterocycles. The van der Waals surface area contributed by atoms with Crippen molar-refractivity contribution in [1.29, 1.82) is 0 Å². The van der Waals surface area contributed by atoms with Crippen molar-refractivity contribution in [3.05, 3.63) is 54.1 Å². The van der Waals surface area contributed by atoms with Crippen LogP contribution in [0.25, 0.3) is 0 Å². The van der Waals surface area contributed by atoms with Gasteiger partial charge in [0.2, 0.25) is 10.0 Å². The fourth-order valence-corrected chi connectivity index (χ4v) is 5.22. The first kappa shape index (κ1) is 23.3. The van der Waals surface area contributed by atoms with Crippen LogP contribution >= 0.6 is 0 Å². The number of carbonyl (C=O) groups excluding carboxylic acids is 1. The summed E-state index contributed by atoms with van der Waals surface area (Å²) in [5.74, 6) is 0.810. The highest BCUT2D eigenvalue weighted by molar-refractivity contribution is 7.89. The maximum Gasteiger partial charge on any atom is 0.265 e. The predicted octanol–water partition coefficient (Wildman–Crippen LogP) is 4.78. The lowest BCUT2D eigenvalue weighted by Gasteiger charge is -2.21. The first-order valence-corrected chi connectivity index (χ1v) is 12.5. The van der Waals surface area contributed by atoms with Crippen LogP contribution in [-0.2, 0) is 14.8 Å². The van der Waals surface area contributed by atoms with E-state index < -0.39 is 16.1 Å². The molecule has 6 nitrogen and oxygen atoms in total. The van der Waals surface area contributed by atoms with Crippen molar-refractivity contribution < 1.29 is 17.9 Å². The number of amides is 1. The van der Waals surface area contributed by atoms with Crippen LogP contribution in [0.15, 0.2) is 53.4 Å². The van der Waals surface area contributed by atoms with E-state index in [-0.39, 0.29) is 10.8 Å². The van der Waals surface area contributed by atoms with Crippen molar-refractivity contribution in [2.45, 2.75) is 63.4 Å². The second kappa shape index (κ2) is 10.3. The Balaban J connectivity index is 1.69. The highest BCUT2D eigenvalue weighted by Crippen LogP contribution is 2.30. The van der Waals surface area contributed by atoms with Crippen molar-refractivity contribution in [2.75, 3.05) is 18.4 Å². The molecule has 31 heavy (non-hydrogen) atoms. The minimum Gasteiger partial charge on any atom is -0.480 e. The number of nitrogens with one attached hydrogen (secondary N) is 1. The van der Waals surface area contributed by atoms with Crippen LogP contribution in [0.2, 0.25) is 0 Å². The van der Waals surface area contributed by atoms with Gasteiger partial charge < -0.3 is 10.1 Å². The standard InChI is InChI=1S/C24H32N2O4S/c1-4-18(3)21-10-6-7-11-23(21)30-22(5-2)24(27)25-19-12-14-20(15-13-19)31(28,29)26-16-8-9-17-26/h6-7,10-15,18,22H,4-5,8-9,16-17H2,1-3H3,(H,25,27). The SMILES string of the molecule is CCC(Oc1ccccc1C(C)CC)C(=O)Nc1ccc(S(=O)(=O)N2CCCC2)cc1. The molecule has 0 aliphatic carbocycles. The third kappa shape index (κ3) is 5.46. The quantitative estimate of drug-likeness (QED) is 0.604. The van der Waals surface area contributed by atoms with Gasteiger partial charge in [0.15, 0.2) is 6.10 Å². The maximum absolute atomic E-state index is 12.8. The van der Waals surface area contributed by atoms with Crippen LogP contribution in [-0.4, -0.2) is 37.8 Å². The topological polar surface area (TPSA) is 75.7 Å². The first-order valence-electron chi connectivity index (χ1n) is 11.0. The normalized spacial score (nSPS) is 16.6. The Morgan fingerprint density at radius 1 is 1.03 bits per heavy atom. The van der Waals surface area contributed by atoms with E-state index in [1.165, 1.54) is 4.31 Å². The summed E-state index contributed by atoms with van der Waals surface area (Å²) in [7, 11) is -3.47. The molecule has 0 radical (unpaired) electrons. The first-order chi connectivity index (χ1) is 14.9. The van der Waals surface area contributed by atoms with Gasteiger partial charge in [0.05, 0.1) is 4.90 Å². The smallest absolute Gasteiger partial charge is 0.265 e. The van der Waals surface area contributed by atoms with Gasteiger partial charge in [0, 0.05) is 18.8 Å². The Kier molecular flexibility index (Phi) is 7.73. The number of rotatable bonds is 9. The molecular formula is C24H32N2O4S. The van der Waals surface area contributed by atoms with E-state index in [0.29, 0.717) is 31.1 Å². The van der Waals surface area contributed by atoms with Gasteiger partial charge in [-0.3, -0.25) is 4.79 Å². The lowest BCUT2D eigenvalue weighted by molar-refractivity contribution is -0.122. The minimum atomic E-state index is -3.47. The third-order valence-electron chi connectivity index (χ3n) is 5.82. The van der Waals surface area contributed by atoms with Gasteiger partial charge >= 0.3 is 0 Å². The molecule has 3 rings (SSSR count). The number of sulfonamides is 1. The van der Waals surface area contributed by atoms with Gasteiger partial charge in [-0.2, -0.15) is 4.31 Å². The molecule has 2 aromatic carbocycles. The van der Waals surface area contributed by atoms with Crippen LogP contribution in [0.5, 0.6) is 5.75 Å². The molecule has 0 bridgehead atoms. The van der Waals surface area contributed by atoms with E-state index in [0.717, 1.165) is 30.6 Å².